The normalized spacial score (nSPS) is 22.6. The number of ether oxygens (including phenoxy) is 1. The van der Waals surface area contributed by atoms with Crippen LogP contribution in [0.2, 0.25) is 5.02 Å². The smallest absolute Gasteiger partial charge is 0.418 e. The molecule has 1 amide bonds. The molecular formula is C13H17ClN2O5. The first-order valence-corrected chi connectivity index (χ1v) is 6.42. The number of nitrogens with one attached hydrogen (secondary N) is 1. The fraction of sp³-hybridized carbons (Fsp3) is 0.385. The highest BCUT2D eigenvalue weighted by atomic mass is 35.5. The fourth-order valence-electron chi connectivity index (χ4n) is 2.28. The topological polar surface area (TPSA) is 122 Å². The van der Waals surface area contributed by atoms with Crippen molar-refractivity contribution in [2.24, 2.45) is 5.84 Å². The largest absolute Gasteiger partial charge is 0.467 e. The molecule has 2 rings (SSSR count). The number of methoxy groups -OCH3 is 1. The number of nitrogens with two attached hydrogens (primary N) is 1. The van der Waals surface area contributed by atoms with E-state index in [1.807, 2.05) is 13.0 Å². The molecule has 1 aromatic carbocycles. The number of hydrogen-bond acceptors (Lipinski definition) is 5. The first-order chi connectivity index (χ1) is 9.76. The average Bonchev–Trinajstić information content (AvgIpc) is 2.70. The van der Waals surface area contributed by atoms with Gasteiger partial charge in [-0.25, -0.2) is 15.4 Å². The van der Waals surface area contributed by atoms with Crippen molar-refractivity contribution in [1.82, 2.24) is 5.43 Å². The van der Waals surface area contributed by atoms with Gasteiger partial charge in [-0.05, 0) is 23.3 Å². The van der Waals surface area contributed by atoms with Gasteiger partial charge in [0.25, 0.3) is 0 Å². The van der Waals surface area contributed by atoms with Crippen molar-refractivity contribution in [2.75, 3.05) is 7.11 Å². The predicted octanol–water partition coefficient (Wildman–Crippen LogP) is 1.03. The van der Waals surface area contributed by atoms with E-state index in [1.54, 1.807) is 12.1 Å². The summed E-state index contributed by atoms with van der Waals surface area (Å²) in [6, 6.07) is 5.40. The summed E-state index contributed by atoms with van der Waals surface area (Å²) >= 11 is 5.88. The number of carbonyl (C=O) groups is 2. The first-order valence-electron chi connectivity index (χ1n) is 6.05. The zero-order chi connectivity index (χ0) is 16.2. The molecule has 0 spiro atoms. The van der Waals surface area contributed by atoms with Gasteiger partial charge in [0.1, 0.15) is 0 Å². The van der Waals surface area contributed by atoms with Gasteiger partial charge in [0, 0.05) is 17.4 Å². The Balaban J connectivity index is 0.000000383. The van der Waals surface area contributed by atoms with E-state index in [9.17, 15) is 9.90 Å². The van der Waals surface area contributed by atoms with Crippen LogP contribution in [0.25, 0.3) is 0 Å². The third kappa shape index (κ3) is 3.63. The summed E-state index contributed by atoms with van der Waals surface area (Å²) < 4.78 is 4.65. The molecule has 0 saturated carbocycles. The van der Waals surface area contributed by atoms with Crippen molar-refractivity contribution >= 4 is 23.7 Å². The van der Waals surface area contributed by atoms with Crippen molar-refractivity contribution in [3.63, 3.8) is 0 Å². The van der Waals surface area contributed by atoms with Crippen molar-refractivity contribution in [2.45, 2.75) is 24.9 Å². The van der Waals surface area contributed by atoms with Crippen LogP contribution in [0.3, 0.4) is 0 Å². The molecule has 2 unspecified atom stereocenters. The maximum absolute atomic E-state index is 11.6. The molecule has 21 heavy (non-hydrogen) atoms. The van der Waals surface area contributed by atoms with Gasteiger partial charge in [-0.2, -0.15) is 0 Å². The van der Waals surface area contributed by atoms with Gasteiger partial charge in [0.05, 0.1) is 7.11 Å². The lowest BCUT2D eigenvalue weighted by molar-refractivity contribution is -0.163. The first kappa shape index (κ1) is 17.2. The summed E-state index contributed by atoms with van der Waals surface area (Å²) in [7, 11) is 1.28. The second-order valence-corrected chi connectivity index (χ2v) is 5.04. The Morgan fingerprint density at radius 3 is 2.57 bits per heavy atom. The average molecular weight is 317 g/mol. The number of carboxylic acid groups (broad SMARTS) is 1. The molecule has 8 heteroatoms. The van der Waals surface area contributed by atoms with Crippen molar-refractivity contribution in [1.29, 1.82) is 0 Å². The number of benzene rings is 1. The molecule has 0 bridgehead atoms. The van der Waals surface area contributed by atoms with E-state index in [4.69, 9.17) is 21.5 Å². The molecule has 0 heterocycles. The van der Waals surface area contributed by atoms with E-state index < -0.39 is 17.7 Å². The number of hydrogen-bond donors (Lipinski definition) is 4. The standard InChI is InChI=1S/C12H13ClO3.CH4N2O2/c1-7-10-4-3-9(13)5-8(10)6-12(7,15)11(14)16-2;2-3-1(4)5/h3-5,7,15H,6H2,1-2H3;3H,2H2,(H,4,5). The van der Waals surface area contributed by atoms with Gasteiger partial charge in [-0.3, -0.25) is 5.43 Å². The van der Waals surface area contributed by atoms with Gasteiger partial charge in [0.15, 0.2) is 5.60 Å². The van der Waals surface area contributed by atoms with Gasteiger partial charge in [-0.1, -0.05) is 24.6 Å². The summed E-state index contributed by atoms with van der Waals surface area (Å²) in [6.45, 7) is 1.82. The SMILES string of the molecule is COC(=O)C1(O)Cc2cc(Cl)ccc2C1C.NNC(=O)O. The zero-order valence-electron chi connectivity index (χ0n) is 11.6. The third-order valence-corrected chi connectivity index (χ3v) is 3.65. The maximum atomic E-state index is 11.6. The molecule has 7 nitrogen and oxygen atoms in total. The highest BCUT2D eigenvalue weighted by Crippen LogP contribution is 2.42. The molecule has 1 aromatic rings. The number of halogens is 1. The van der Waals surface area contributed by atoms with E-state index in [1.165, 1.54) is 12.5 Å². The minimum Gasteiger partial charge on any atom is -0.467 e. The third-order valence-electron chi connectivity index (χ3n) is 3.41. The van der Waals surface area contributed by atoms with Gasteiger partial charge in [0.2, 0.25) is 0 Å². The molecule has 0 fully saturated rings. The van der Waals surface area contributed by atoms with Gasteiger partial charge in [-0.15, -0.1) is 0 Å². The molecule has 116 valence electrons. The molecule has 0 saturated heterocycles. The van der Waals surface area contributed by atoms with Crippen LogP contribution in [0, 0.1) is 0 Å². The van der Waals surface area contributed by atoms with E-state index >= 15 is 0 Å². The van der Waals surface area contributed by atoms with Crippen LogP contribution >= 0.6 is 11.6 Å². The summed E-state index contributed by atoms with van der Waals surface area (Å²) in [5.74, 6) is 3.46. The second-order valence-electron chi connectivity index (χ2n) is 4.61. The maximum Gasteiger partial charge on any atom is 0.418 e. The summed E-state index contributed by atoms with van der Waals surface area (Å²) in [4.78, 5) is 20.7. The molecule has 0 aromatic heterocycles. The summed E-state index contributed by atoms with van der Waals surface area (Å²) in [5, 5.41) is 18.4. The number of carbonyl (C=O) groups excluding carboxylic acids is 1. The van der Waals surface area contributed by atoms with Crippen LogP contribution in [-0.4, -0.2) is 35.0 Å². The van der Waals surface area contributed by atoms with Crippen LogP contribution in [0.1, 0.15) is 24.0 Å². The van der Waals surface area contributed by atoms with E-state index in [0.29, 0.717) is 5.02 Å². The lowest BCUT2D eigenvalue weighted by Crippen LogP contribution is -2.42. The minimum atomic E-state index is -1.46. The Morgan fingerprint density at radius 2 is 2.10 bits per heavy atom. The van der Waals surface area contributed by atoms with Crippen molar-refractivity contribution in [3.8, 4) is 0 Å². The Labute approximate surface area is 126 Å². The summed E-state index contributed by atoms with van der Waals surface area (Å²) in [6.07, 6.45) is -0.957. The molecule has 0 radical (unpaired) electrons. The van der Waals surface area contributed by atoms with Crippen molar-refractivity contribution < 1.29 is 24.5 Å². The molecule has 0 aliphatic heterocycles. The molecule has 2 atom stereocenters. The number of fused-ring (bicyclic) bond motifs is 1. The van der Waals surface area contributed by atoms with Crippen LogP contribution in [-0.2, 0) is 16.0 Å². The number of hydrazine groups is 1. The van der Waals surface area contributed by atoms with Crippen LogP contribution in [0.4, 0.5) is 4.79 Å². The van der Waals surface area contributed by atoms with E-state index in [0.717, 1.165) is 11.1 Å². The van der Waals surface area contributed by atoms with Crippen LogP contribution < -0.4 is 11.3 Å². The highest BCUT2D eigenvalue weighted by Gasteiger charge is 2.49. The van der Waals surface area contributed by atoms with Gasteiger partial charge >= 0.3 is 12.1 Å². The molecule has 1 aliphatic rings. The van der Waals surface area contributed by atoms with E-state index in [-0.39, 0.29) is 12.3 Å². The van der Waals surface area contributed by atoms with E-state index in [2.05, 4.69) is 10.6 Å². The second kappa shape index (κ2) is 6.75. The predicted molar refractivity (Wildman–Crippen MR) is 75.9 cm³/mol. The van der Waals surface area contributed by atoms with Gasteiger partial charge < -0.3 is 14.9 Å². The zero-order valence-corrected chi connectivity index (χ0v) is 12.3. The van der Waals surface area contributed by atoms with Crippen LogP contribution in [0.5, 0.6) is 0 Å². The number of esters is 1. The van der Waals surface area contributed by atoms with Crippen molar-refractivity contribution in [3.05, 3.63) is 34.3 Å². The number of aliphatic hydroxyl groups is 1. The lowest BCUT2D eigenvalue weighted by atomic mass is 9.90. The Morgan fingerprint density at radius 1 is 1.52 bits per heavy atom. The number of rotatable bonds is 1. The molecular weight excluding hydrogens is 300 g/mol. The molecule has 5 N–H and O–H groups in total. The highest BCUT2D eigenvalue weighted by molar-refractivity contribution is 6.30. The molecule has 1 aliphatic carbocycles. The Kier molecular flexibility index (Phi) is 5.54. The Bertz CT molecular complexity index is 551. The monoisotopic (exact) mass is 316 g/mol. The summed E-state index contributed by atoms with van der Waals surface area (Å²) in [5.41, 5.74) is 1.85. The number of amides is 1. The fourth-order valence-corrected chi connectivity index (χ4v) is 2.47. The Hall–Kier alpha value is -1.83. The quantitative estimate of drug-likeness (QED) is 0.266. The van der Waals surface area contributed by atoms with Crippen LogP contribution in [0.15, 0.2) is 18.2 Å². The lowest BCUT2D eigenvalue weighted by Gasteiger charge is -2.24. The minimum absolute atomic E-state index is 0.261.